The summed E-state index contributed by atoms with van der Waals surface area (Å²) in [6.45, 7) is 0.583. The molecule has 0 aliphatic rings. The molecule has 30 heavy (non-hydrogen) atoms. The highest BCUT2D eigenvalue weighted by Gasteiger charge is 2.22. The highest BCUT2D eigenvalue weighted by atomic mass is 35.5. The molecule has 0 unspecified atom stereocenters. The van der Waals surface area contributed by atoms with Crippen molar-refractivity contribution in [3.8, 4) is 11.1 Å². The Bertz CT molecular complexity index is 1420. The summed E-state index contributed by atoms with van der Waals surface area (Å²) in [7, 11) is 1.79. The summed E-state index contributed by atoms with van der Waals surface area (Å²) in [5.74, 6) is 0.574. The third-order valence-electron chi connectivity index (χ3n) is 5.37. The molecule has 0 amide bonds. The first kappa shape index (κ1) is 18.5. The summed E-state index contributed by atoms with van der Waals surface area (Å²) in [6, 6.07) is 25.3. The summed E-state index contributed by atoms with van der Waals surface area (Å²) in [6.07, 6.45) is 0. The summed E-state index contributed by atoms with van der Waals surface area (Å²) < 4.78 is 7.97. The van der Waals surface area contributed by atoms with E-state index in [1.165, 1.54) is 0 Å². The van der Waals surface area contributed by atoms with E-state index in [0.717, 1.165) is 27.6 Å². The molecule has 5 heteroatoms. The predicted octanol–water partition coefficient (Wildman–Crippen LogP) is 6.22. The van der Waals surface area contributed by atoms with Crippen LogP contribution < -0.4 is 10.9 Å². The fraction of sp³-hybridized carbons (Fsp3) is 0.0800. The first-order chi connectivity index (χ1) is 14.6. The number of hydrogen-bond donors (Lipinski definition) is 1. The van der Waals surface area contributed by atoms with Gasteiger partial charge in [0.15, 0.2) is 5.58 Å². The van der Waals surface area contributed by atoms with Crippen LogP contribution in [0.1, 0.15) is 5.56 Å². The average molecular weight is 415 g/mol. The second kappa shape index (κ2) is 7.39. The van der Waals surface area contributed by atoms with Crippen LogP contribution in [0.5, 0.6) is 0 Å². The van der Waals surface area contributed by atoms with Crippen LogP contribution in [0.25, 0.3) is 33.0 Å². The molecule has 0 saturated heterocycles. The number of nitrogens with one attached hydrogen (secondary N) is 1. The van der Waals surface area contributed by atoms with Gasteiger partial charge in [0.25, 0.3) is 5.56 Å². The Morgan fingerprint density at radius 3 is 2.40 bits per heavy atom. The Morgan fingerprint density at radius 1 is 0.933 bits per heavy atom. The van der Waals surface area contributed by atoms with Gasteiger partial charge >= 0.3 is 0 Å². The van der Waals surface area contributed by atoms with E-state index in [1.54, 1.807) is 11.6 Å². The normalized spacial score (nSPS) is 11.3. The molecule has 1 N–H and O–H groups in total. The largest absolute Gasteiger partial charge is 0.439 e. The second-order valence-electron chi connectivity index (χ2n) is 7.24. The van der Waals surface area contributed by atoms with E-state index in [0.29, 0.717) is 28.4 Å². The highest BCUT2D eigenvalue weighted by molar-refractivity contribution is 6.30. The van der Waals surface area contributed by atoms with Gasteiger partial charge in [-0.3, -0.25) is 4.79 Å². The minimum Gasteiger partial charge on any atom is -0.439 e. The predicted molar refractivity (Wildman–Crippen MR) is 123 cm³/mol. The third-order valence-corrected chi connectivity index (χ3v) is 5.62. The molecule has 148 valence electrons. The number of halogens is 1. The van der Waals surface area contributed by atoms with Crippen LogP contribution in [-0.2, 0) is 13.6 Å². The molecule has 0 aliphatic heterocycles. The van der Waals surface area contributed by atoms with Crippen molar-refractivity contribution in [3.63, 3.8) is 0 Å². The molecule has 0 atom stereocenters. The summed E-state index contributed by atoms with van der Waals surface area (Å²) in [4.78, 5) is 13.3. The molecule has 2 aromatic heterocycles. The monoisotopic (exact) mass is 414 g/mol. The van der Waals surface area contributed by atoms with Crippen molar-refractivity contribution in [2.24, 2.45) is 7.05 Å². The quantitative estimate of drug-likeness (QED) is 0.380. The lowest BCUT2D eigenvalue weighted by Crippen LogP contribution is -2.17. The van der Waals surface area contributed by atoms with Gasteiger partial charge in [-0.25, -0.2) is 0 Å². The Hall–Kier alpha value is -3.50. The number of fused-ring (bicyclic) bond motifs is 3. The second-order valence-corrected chi connectivity index (χ2v) is 7.67. The van der Waals surface area contributed by atoms with Gasteiger partial charge in [-0.05, 0) is 35.4 Å². The topological polar surface area (TPSA) is 47.2 Å². The number of anilines is 1. The molecule has 2 heterocycles. The van der Waals surface area contributed by atoms with Gasteiger partial charge in [0.05, 0.1) is 16.5 Å². The number of para-hydroxylation sites is 1. The van der Waals surface area contributed by atoms with Crippen molar-refractivity contribution in [1.29, 1.82) is 0 Å². The number of hydrogen-bond acceptors (Lipinski definition) is 3. The number of aryl methyl sites for hydroxylation is 1. The lowest BCUT2D eigenvalue weighted by atomic mass is 10.0. The van der Waals surface area contributed by atoms with Crippen molar-refractivity contribution < 1.29 is 4.42 Å². The minimum atomic E-state index is -0.0924. The van der Waals surface area contributed by atoms with E-state index in [9.17, 15) is 4.79 Å². The van der Waals surface area contributed by atoms with Crippen molar-refractivity contribution in [3.05, 3.63) is 99.8 Å². The van der Waals surface area contributed by atoms with Crippen LogP contribution in [0.15, 0.2) is 88.1 Å². The molecule has 0 bridgehead atoms. The molecule has 5 rings (SSSR count). The zero-order chi connectivity index (χ0) is 20.7. The van der Waals surface area contributed by atoms with Crippen LogP contribution in [0.3, 0.4) is 0 Å². The van der Waals surface area contributed by atoms with E-state index in [4.69, 9.17) is 16.0 Å². The van der Waals surface area contributed by atoms with E-state index in [2.05, 4.69) is 5.32 Å². The fourth-order valence-corrected chi connectivity index (χ4v) is 3.98. The minimum absolute atomic E-state index is 0.0924. The zero-order valence-electron chi connectivity index (χ0n) is 16.4. The number of nitrogens with zero attached hydrogens (tertiary/aromatic N) is 1. The molecule has 3 aromatic carbocycles. The number of pyridine rings is 1. The van der Waals surface area contributed by atoms with Gasteiger partial charge in [-0.2, -0.15) is 0 Å². The number of aromatic nitrogens is 1. The molecule has 0 saturated carbocycles. The number of furan rings is 1. The van der Waals surface area contributed by atoms with Crippen molar-refractivity contribution in [2.75, 3.05) is 5.32 Å². The van der Waals surface area contributed by atoms with Crippen LogP contribution >= 0.6 is 11.6 Å². The van der Waals surface area contributed by atoms with Gasteiger partial charge < -0.3 is 14.3 Å². The standard InChI is InChI=1S/C25H19ClN2O2/c1-28-20-10-6-5-9-19(20)23-22(25(28)29)21(17-11-13-18(26)14-12-17)24(30-23)27-15-16-7-3-2-4-8-16/h2-14,27H,15H2,1H3. The smallest absolute Gasteiger partial charge is 0.262 e. The van der Waals surface area contributed by atoms with Gasteiger partial charge in [-0.1, -0.05) is 66.2 Å². The van der Waals surface area contributed by atoms with E-state index >= 15 is 0 Å². The lowest BCUT2D eigenvalue weighted by Gasteiger charge is -2.07. The number of benzene rings is 3. The summed E-state index contributed by atoms with van der Waals surface area (Å²) in [5.41, 5.74) is 4.09. The SMILES string of the molecule is Cn1c(=O)c2c(-c3ccc(Cl)cc3)c(NCc3ccccc3)oc2c2ccccc21. The molecule has 4 nitrogen and oxygen atoms in total. The van der Waals surface area contributed by atoms with E-state index in [-0.39, 0.29) is 5.56 Å². The van der Waals surface area contributed by atoms with Gasteiger partial charge in [0.2, 0.25) is 5.88 Å². The maximum absolute atomic E-state index is 13.3. The number of rotatable bonds is 4. The first-order valence-corrected chi connectivity index (χ1v) is 10.1. The first-order valence-electron chi connectivity index (χ1n) is 9.71. The van der Waals surface area contributed by atoms with Crippen LogP contribution in [0.4, 0.5) is 5.88 Å². The molecule has 5 aromatic rings. The molecular weight excluding hydrogens is 396 g/mol. The summed E-state index contributed by atoms with van der Waals surface area (Å²) >= 11 is 6.10. The van der Waals surface area contributed by atoms with Crippen LogP contribution in [-0.4, -0.2) is 4.57 Å². The lowest BCUT2D eigenvalue weighted by molar-refractivity contribution is 0.629. The molecular formula is C25H19ClN2O2. The summed E-state index contributed by atoms with van der Waals surface area (Å²) in [5, 5.41) is 5.50. The Balaban J connectivity index is 1.78. The van der Waals surface area contributed by atoms with Gasteiger partial charge in [-0.15, -0.1) is 0 Å². The van der Waals surface area contributed by atoms with Gasteiger partial charge in [0.1, 0.15) is 0 Å². The van der Waals surface area contributed by atoms with Gasteiger partial charge in [0, 0.05) is 24.0 Å². The third kappa shape index (κ3) is 3.06. The Kier molecular flexibility index (Phi) is 4.57. The van der Waals surface area contributed by atoms with Crippen molar-refractivity contribution in [1.82, 2.24) is 4.57 Å². The van der Waals surface area contributed by atoms with Crippen molar-refractivity contribution in [2.45, 2.75) is 6.54 Å². The van der Waals surface area contributed by atoms with Crippen molar-refractivity contribution >= 4 is 39.4 Å². The van der Waals surface area contributed by atoms with E-state index < -0.39 is 0 Å². The highest BCUT2D eigenvalue weighted by Crippen LogP contribution is 2.40. The molecule has 0 aliphatic carbocycles. The van der Waals surface area contributed by atoms with E-state index in [1.807, 2.05) is 78.9 Å². The average Bonchev–Trinajstić information content (AvgIpc) is 3.17. The molecule has 0 fully saturated rings. The van der Waals surface area contributed by atoms with Crippen LogP contribution in [0.2, 0.25) is 5.02 Å². The zero-order valence-corrected chi connectivity index (χ0v) is 17.1. The molecule has 0 spiro atoms. The Labute approximate surface area is 178 Å². The fourth-order valence-electron chi connectivity index (χ4n) is 3.85. The maximum atomic E-state index is 13.3. The molecule has 0 radical (unpaired) electrons. The Morgan fingerprint density at radius 2 is 1.63 bits per heavy atom. The maximum Gasteiger partial charge on any atom is 0.262 e. The van der Waals surface area contributed by atoms with Crippen LogP contribution in [0, 0.1) is 0 Å².